The van der Waals surface area contributed by atoms with Crippen molar-refractivity contribution in [1.29, 1.82) is 0 Å². The molecule has 0 spiro atoms. The molecular weight excluding hydrogens is 517 g/mol. The third kappa shape index (κ3) is 2.70. The van der Waals surface area contributed by atoms with E-state index in [1.165, 1.54) is 0 Å². The molecule has 0 atom stereocenters. The number of carbonyl (C=O) groups is 2. The van der Waals surface area contributed by atoms with Crippen molar-refractivity contribution >= 4 is 42.7 Å². The van der Waals surface area contributed by atoms with E-state index >= 15 is 0 Å². The summed E-state index contributed by atoms with van der Waals surface area (Å²) >= 11 is -4.19. The predicted molar refractivity (Wildman–Crippen MR) is 105 cm³/mol. The van der Waals surface area contributed by atoms with Crippen molar-refractivity contribution < 1.29 is 9.59 Å². The third-order valence-corrected chi connectivity index (χ3v) is 23.1. The zero-order valence-corrected chi connectivity index (χ0v) is 18.2. The summed E-state index contributed by atoms with van der Waals surface area (Å²) in [5.41, 5.74) is 0. The van der Waals surface area contributed by atoms with E-state index in [1.54, 1.807) is 2.71 Å². The maximum atomic E-state index is 12.9. The van der Waals surface area contributed by atoms with Gasteiger partial charge in [-0.15, -0.1) is 0 Å². The Morgan fingerprint density at radius 2 is 0.846 bits per heavy atom. The van der Waals surface area contributed by atoms with Crippen LogP contribution in [0, 0.1) is 0 Å². The van der Waals surface area contributed by atoms with E-state index in [0.717, 1.165) is 9.37 Å². The van der Waals surface area contributed by atoms with E-state index in [4.69, 9.17) is 0 Å². The molecule has 0 bridgehead atoms. The predicted octanol–water partition coefficient (Wildman–Crippen LogP) is 1.80. The van der Waals surface area contributed by atoms with E-state index in [-0.39, 0.29) is 11.8 Å². The molecule has 1 aliphatic heterocycles. The van der Waals surface area contributed by atoms with Gasteiger partial charge in [0, 0.05) is 0 Å². The van der Waals surface area contributed by atoms with Crippen molar-refractivity contribution in [3.05, 3.63) is 91.0 Å². The number of benzene rings is 3. The number of imide groups is 1. The molecule has 1 aliphatic rings. The zero-order chi connectivity index (χ0) is 18.0. The zero-order valence-electron chi connectivity index (χ0n) is 14.3. The Hall–Kier alpha value is -2.28. The van der Waals surface area contributed by atoms with E-state index in [1.807, 2.05) is 54.6 Å². The van der Waals surface area contributed by atoms with Crippen molar-refractivity contribution in [2.45, 2.75) is 12.8 Å². The van der Waals surface area contributed by atoms with Gasteiger partial charge in [-0.25, -0.2) is 0 Å². The molecule has 4 heteroatoms. The Morgan fingerprint density at radius 3 is 1.15 bits per heavy atom. The van der Waals surface area contributed by atoms with Gasteiger partial charge in [0.2, 0.25) is 0 Å². The van der Waals surface area contributed by atoms with Crippen LogP contribution in [0.25, 0.3) is 0 Å². The molecule has 0 aromatic heterocycles. The summed E-state index contributed by atoms with van der Waals surface area (Å²) in [7, 11) is 0. The summed E-state index contributed by atoms with van der Waals surface area (Å²) in [6.45, 7) is 0. The second kappa shape index (κ2) is 7.15. The van der Waals surface area contributed by atoms with Crippen LogP contribution in [-0.2, 0) is 9.59 Å². The van der Waals surface area contributed by atoms with Gasteiger partial charge < -0.3 is 0 Å². The molecule has 0 unspecified atom stereocenters. The fourth-order valence-corrected chi connectivity index (χ4v) is 22.4. The summed E-state index contributed by atoms with van der Waals surface area (Å²) < 4.78 is 5.07. The Bertz CT molecular complexity index is 813. The van der Waals surface area contributed by atoms with Crippen LogP contribution in [0.3, 0.4) is 0 Å². The maximum absolute atomic E-state index is 12.9. The normalized spacial score (nSPS) is 14.7. The molecule has 128 valence electrons. The second-order valence-electron chi connectivity index (χ2n) is 6.43. The van der Waals surface area contributed by atoms with Crippen LogP contribution in [0.2, 0.25) is 0 Å². The van der Waals surface area contributed by atoms with E-state index in [0.29, 0.717) is 12.8 Å². The van der Waals surface area contributed by atoms with Gasteiger partial charge in [-0.05, 0) is 0 Å². The monoisotopic (exact) mass is 537 g/mol. The Balaban J connectivity index is 2.11. The number of hydrogen-bond acceptors (Lipinski definition) is 2. The van der Waals surface area contributed by atoms with Gasteiger partial charge >= 0.3 is 159 Å². The van der Waals surface area contributed by atoms with Crippen LogP contribution >= 0.6 is 0 Å². The van der Waals surface area contributed by atoms with Crippen LogP contribution in [0.15, 0.2) is 91.0 Å². The van der Waals surface area contributed by atoms with Crippen molar-refractivity contribution in [2.24, 2.45) is 0 Å². The Labute approximate surface area is 158 Å². The summed E-state index contributed by atoms with van der Waals surface area (Å²) in [6.07, 6.45) is 0.625. The molecule has 2 amide bonds. The molecule has 26 heavy (non-hydrogen) atoms. The summed E-state index contributed by atoms with van der Waals surface area (Å²) in [5, 5.41) is 0. The van der Waals surface area contributed by atoms with Crippen LogP contribution < -0.4 is 9.37 Å². The van der Waals surface area contributed by atoms with Crippen LogP contribution in [0.4, 0.5) is 0 Å². The van der Waals surface area contributed by atoms with Crippen LogP contribution in [-0.4, -0.2) is 36.0 Å². The Morgan fingerprint density at radius 1 is 0.538 bits per heavy atom. The first-order valence-corrected chi connectivity index (χ1v) is 16.3. The van der Waals surface area contributed by atoms with Crippen molar-refractivity contribution in [3.63, 3.8) is 0 Å². The first-order valence-electron chi connectivity index (χ1n) is 8.77. The van der Waals surface area contributed by atoms with Gasteiger partial charge in [0.15, 0.2) is 0 Å². The minimum absolute atomic E-state index is 0.0341. The van der Waals surface area contributed by atoms with Gasteiger partial charge in [0.25, 0.3) is 0 Å². The molecular formula is C22H19NO2Pb. The van der Waals surface area contributed by atoms with Crippen molar-refractivity contribution in [1.82, 2.24) is 2.71 Å². The van der Waals surface area contributed by atoms with Gasteiger partial charge in [-0.3, -0.25) is 0 Å². The van der Waals surface area contributed by atoms with E-state index in [9.17, 15) is 9.59 Å². The van der Waals surface area contributed by atoms with Crippen LogP contribution in [0.5, 0.6) is 0 Å². The number of nitrogens with zero attached hydrogens (tertiary/aromatic N) is 1. The molecule has 3 nitrogen and oxygen atoms in total. The Kier molecular flexibility index (Phi) is 4.72. The van der Waals surface area contributed by atoms with E-state index < -0.39 is 21.5 Å². The van der Waals surface area contributed by atoms with Gasteiger partial charge in [0.1, 0.15) is 0 Å². The first kappa shape index (κ1) is 17.2. The fraction of sp³-hybridized carbons (Fsp3) is 0.0909. The number of rotatable bonds is 4. The standard InChI is InChI=1S/3C6H5.C4H5NO2.Pb/c3*1-2-4-6-5-3-1;6-3-1-2-4(7)5-3;/h3*1-5H;1-2H2,(H,5,6,7);/q;;;;+1/p-1. The molecule has 1 fully saturated rings. The summed E-state index contributed by atoms with van der Waals surface area (Å²) in [6, 6.07) is 30.4. The number of carbonyl (C=O) groups excluding carboxylic acids is 2. The number of hydrogen-bond donors (Lipinski definition) is 0. The third-order valence-electron chi connectivity index (χ3n) is 4.96. The molecule has 4 rings (SSSR count). The fourth-order valence-electron chi connectivity index (χ4n) is 3.88. The van der Waals surface area contributed by atoms with E-state index in [2.05, 4.69) is 36.4 Å². The average molecular weight is 537 g/mol. The van der Waals surface area contributed by atoms with Gasteiger partial charge in [-0.1, -0.05) is 0 Å². The minimum atomic E-state index is -4.19. The molecule has 0 N–H and O–H groups in total. The van der Waals surface area contributed by atoms with Crippen molar-refractivity contribution in [3.8, 4) is 0 Å². The SMILES string of the molecule is O=C1CCC(=O)[N]1[Pb]([c]1ccccc1)([c]1ccccc1)[c]1ccccc1. The topological polar surface area (TPSA) is 37.4 Å². The molecule has 0 saturated carbocycles. The molecule has 1 saturated heterocycles. The van der Waals surface area contributed by atoms with Gasteiger partial charge in [-0.2, -0.15) is 0 Å². The molecule has 0 aliphatic carbocycles. The molecule has 1 heterocycles. The first-order chi connectivity index (χ1) is 12.7. The molecule has 3 aromatic carbocycles. The van der Waals surface area contributed by atoms with Gasteiger partial charge in [0.05, 0.1) is 0 Å². The second-order valence-corrected chi connectivity index (χ2v) is 20.4. The van der Waals surface area contributed by atoms with Crippen LogP contribution in [0.1, 0.15) is 12.8 Å². The summed E-state index contributed by atoms with van der Waals surface area (Å²) in [5.74, 6) is -0.0681. The van der Waals surface area contributed by atoms with Crippen molar-refractivity contribution in [2.75, 3.05) is 0 Å². The molecule has 0 radical (unpaired) electrons. The quantitative estimate of drug-likeness (QED) is 0.377. The molecule has 3 aromatic rings. The number of amides is 2. The average Bonchev–Trinajstić information content (AvgIpc) is 3.04. The summed E-state index contributed by atoms with van der Waals surface area (Å²) in [4.78, 5) is 25.8.